The minimum absolute atomic E-state index is 0.0208. The number of nitrogens with zero attached hydrogens (tertiary/aromatic N) is 2. The Morgan fingerprint density at radius 3 is 2.23 bits per heavy atom. The van der Waals surface area contributed by atoms with Crippen LogP contribution in [0.25, 0.3) is 0 Å². The van der Waals surface area contributed by atoms with Crippen molar-refractivity contribution in [3.05, 3.63) is 72.6 Å². The number of sulfonamides is 1. The second-order valence-electron chi connectivity index (χ2n) is 7.14. The van der Waals surface area contributed by atoms with Gasteiger partial charge < -0.3 is 10.1 Å². The second-order valence-corrected chi connectivity index (χ2v) is 8.83. The average Bonchev–Trinajstić information content (AvgIpc) is 2.74. The maximum atomic E-state index is 12.5. The first-order chi connectivity index (χ1) is 14.8. The third-order valence-corrected chi connectivity index (χ3v) is 5.78. The molecule has 0 bridgehead atoms. The maximum absolute atomic E-state index is 12.5. The molecule has 31 heavy (non-hydrogen) atoms. The number of rotatable bonds is 8. The highest BCUT2D eigenvalue weighted by atomic mass is 32.2. The molecule has 2 aromatic carbocycles. The second kappa shape index (κ2) is 9.57. The molecule has 1 amide bonds. The first-order valence-corrected chi connectivity index (χ1v) is 11.2. The van der Waals surface area contributed by atoms with Gasteiger partial charge >= 0.3 is 0 Å². The van der Waals surface area contributed by atoms with Crippen molar-refractivity contribution >= 4 is 27.6 Å². The van der Waals surface area contributed by atoms with E-state index < -0.39 is 16.1 Å². The number of amides is 1. The van der Waals surface area contributed by atoms with Crippen LogP contribution in [-0.2, 0) is 14.8 Å². The number of carbonyl (C=O) groups is 1. The monoisotopic (exact) mass is 440 g/mol. The van der Waals surface area contributed by atoms with Crippen molar-refractivity contribution in [2.45, 2.75) is 37.7 Å². The van der Waals surface area contributed by atoms with Crippen molar-refractivity contribution in [2.75, 3.05) is 10.0 Å². The summed E-state index contributed by atoms with van der Waals surface area (Å²) in [6.45, 7) is 5.78. The fourth-order valence-electron chi connectivity index (χ4n) is 2.80. The molecule has 162 valence electrons. The third-order valence-electron chi connectivity index (χ3n) is 4.44. The van der Waals surface area contributed by atoms with Gasteiger partial charge in [-0.05, 0) is 54.8 Å². The molecule has 3 rings (SSSR count). The van der Waals surface area contributed by atoms with Crippen LogP contribution in [0.15, 0.2) is 71.9 Å². The van der Waals surface area contributed by atoms with Crippen molar-refractivity contribution in [3.8, 4) is 5.75 Å². The average molecular weight is 441 g/mol. The standard InChI is InChI=1S/C22H24N4O4S/c1-15(2)19-7-4-5-8-20(19)30-16(3)21(27)25-17-9-11-18(12-10-17)31(28,29)26-22-23-13-6-14-24-22/h4-16H,1-3H3,(H,25,27)(H,23,24,26). The molecule has 0 aliphatic rings. The molecule has 3 aromatic rings. The number of para-hydroxylation sites is 1. The Morgan fingerprint density at radius 1 is 0.935 bits per heavy atom. The van der Waals surface area contributed by atoms with Gasteiger partial charge in [0.2, 0.25) is 5.95 Å². The Kier molecular flexibility index (Phi) is 6.86. The van der Waals surface area contributed by atoms with Gasteiger partial charge in [-0.3, -0.25) is 4.79 Å². The highest BCUT2D eigenvalue weighted by Gasteiger charge is 2.19. The fraction of sp³-hybridized carbons (Fsp3) is 0.227. The number of aromatic nitrogens is 2. The van der Waals surface area contributed by atoms with Crippen LogP contribution < -0.4 is 14.8 Å². The maximum Gasteiger partial charge on any atom is 0.265 e. The zero-order chi connectivity index (χ0) is 22.4. The molecule has 2 N–H and O–H groups in total. The predicted octanol–water partition coefficient (Wildman–Crippen LogP) is 3.81. The molecule has 0 saturated carbocycles. The van der Waals surface area contributed by atoms with Crippen LogP contribution in [0.4, 0.5) is 11.6 Å². The van der Waals surface area contributed by atoms with E-state index in [4.69, 9.17) is 4.74 Å². The van der Waals surface area contributed by atoms with Crippen molar-refractivity contribution in [2.24, 2.45) is 0 Å². The Hall–Kier alpha value is -3.46. The van der Waals surface area contributed by atoms with Crippen molar-refractivity contribution in [3.63, 3.8) is 0 Å². The van der Waals surface area contributed by atoms with Gasteiger partial charge in [-0.1, -0.05) is 32.0 Å². The minimum atomic E-state index is -3.84. The topological polar surface area (TPSA) is 110 Å². The zero-order valence-corrected chi connectivity index (χ0v) is 18.3. The van der Waals surface area contributed by atoms with E-state index in [9.17, 15) is 13.2 Å². The van der Waals surface area contributed by atoms with Crippen molar-refractivity contribution < 1.29 is 17.9 Å². The number of ether oxygens (including phenoxy) is 1. The van der Waals surface area contributed by atoms with Gasteiger partial charge in [-0.25, -0.2) is 23.1 Å². The Labute approximate surface area is 181 Å². The third kappa shape index (κ3) is 5.79. The number of carbonyl (C=O) groups excluding carboxylic acids is 1. The molecule has 1 unspecified atom stereocenters. The lowest BCUT2D eigenvalue weighted by Crippen LogP contribution is -2.30. The normalized spacial score (nSPS) is 12.3. The van der Waals surface area contributed by atoms with E-state index in [2.05, 4.69) is 33.9 Å². The highest BCUT2D eigenvalue weighted by molar-refractivity contribution is 7.92. The first-order valence-electron chi connectivity index (χ1n) is 9.72. The molecular weight excluding hydrogens is 416 g/mol. The lowest BCUT2D eigenvalue weighted by atomic mass is 10.0. The summed E-state index contributed by atoms with van der Waals surface area (Å²) in [5, 5.41) is 2.74. The summed E-state index contributed by atoms with van der Waals surface area (Å²) in [5.74, 6) is 0.559. The fourth-order valence-corrected chi connectivity index (χ4v) is 3.76. The Bertz CT molecular complexity index is 1130. The molecule has 0 aliphatic carbocycles. The summed E-state index contributed by atoms with van der Waals surface area (Å²) in [7, 11) is -3.84. The van der Waals surface area contributed by atoms with E-state index in [1.807, 2.05) is 24.3 Å². The summed E-state index contributed by atoms with van der Waals surface area (Å²) >= 11 is 0. The first kappa shape index (κ1) is 22.2. The molecule has 0 radical (unpaired) electrons. The van der Waals surface area contributed by atoms with Gasteiger partial charge in [0, 0.05) is 18.1 Å². The SMILES string of the molecule is CC(Oc1ccccc1C(C)C)C(=O)Nc1ccc(S(=O)(=O)Nc2ncccn2)cc1. The van der Waals surface area contributed by atoms with Gasteiger partial charge in [0.05, 0.1) is 4.90 Å². The van der Waals surface area contributed by atoms with Crippen molar-refractivity contribution in [1.82, 2.24) is 9.97 Å². The highest BCUT2D eigenvalue weighted by Crippen LogP contribution is 2.27. The van der Waals surface area contributed by atoms with E-state index in [1.165, 1.54) is 36.7 Å². The summed E-state index contributed by atoms with van der Waals surface area (Å²) in [6, 6.07) is 15.0. The number of anilines is 2. The summed E-state index contributed by atoms with van der Waals surface area (Å²) in [5.41, 5.74) is 1.47. The molecule has 1 heterocycles. The number of hydrogen-bond acceptors (Lipinski definition) is 6. The largest absolute Gasteiger partial charge is 0.481 e. The molecular formula is C22H24N4O4S. The number of benzene rings is 2. The van der Waals surface area contributed by atoms with Gasteiger partial charge in [-0.2, -0.15) is 0 Å². The van der Waals surface area contributed by atoms with Crippen LogP contribution >= 0.6 is 0 Å². The minimum Gasteiger partial charge on any atom is -0.481 e. The van der Waals surface area contributed by atoms with Crippen LogP contribution in [0.1, 0.15) is 32.3 Å². The molecule has 0 fully saturated rings. The molecule has 8 nitrogen and oxygen atoms in total. The van der Waals surface area contributed by atoms with Gasteiger partial charge in [0.15, 0.2) is 6.10 Å². The number of hydrogen-bond donors (Lipinski definition) is 2. The van der Waals surface area contributed by atoms with Crippen molar-refractivity contribution in [1.29, 1.82) is 0 Å². The van der Waals surface area contributed by atoms with E-state index in [0.717, 1.165) is 5.56 Å². The van der Waals surface area contributed by atoms with Crippen LogP contribution in [0.3, 0.4) is 0 Å². The van der Waals surface area contributed by atoms with Crippen LogP contribution in [0, 0.1) is 0 Å². The van der Waals surface area contributed by atoms with Crippen LogP contribution in [-0.4, -0.2) is 30.4 Å². The van der Waals surface area contributed by atoms with Gasteiger partial charge in [0.1, 0.15) is 5.75 Å². The summed E-state index contributed by atoms with van der Waals surface area (Å²) < 4.78 is 33.0. The molecule has 1 atom stereocenters. The van der Waals surface area contributed by atoms with E-state index >= 15 is 0 Å². The van der Waals surface area contributed by atoms with E-state index in [1.54, 1.807) is 13.0 Å². The summed E-state index contributed by atoms with van der Waals surface area (Å²) in [4.78, 5) is 20.2. The lowest BCUT2D eigenvalue weighted by Gasteiger charge is -2.18. The Morgan fingerprint density at radius 2 is 1.58 bits per heavy atom. The zero-order valence-electron chi connectivity index (χ0n) is 17.4. The van der Waals surface area contributed by atoms with Gasteiger partial charge in [0.25, 0.3) is 15.9 Å². The molecule has 0 aliphatic heterocycles. The quantitative estimate of drug-likeness (QED) is 0.551. The molecule has 9 heteroatoms. The Balaban J connectivity index is 1.65. The smallest absolute Gasteiger partial charge is 0.265 e. The van der Waals surface area contributed by atoms with Crippen LogP contribution in [0.2, 0.25) is 0 Å². The summed E-state index contributed by atoms with van der Waals surface area (Å²) in [6.07, 6.45) is 2.14. The predicted molar refractivity (Wildman–Crippen MR) is 119 cm³/mol. The van der Waals surface area contributed by atoms with Gasteiger partial charge in [-0.15, -0.1) is 0 Å². The van der Waals surface area contributed by atoms with E-state index in [0.29, 0.717) is 11.4 Å². The van der Waals surface area contributed by atoms with E-state index in [-0.39, 0.29) is 22.7 Å². The van der Waals surface area contributed by atoms with Crippen LogP contribution in [0.5, 0.6) is 5.75 Å². The molecule has 0 saturated heterocycles. The lowest BCUT2D eigenvalue weighted by molar-refractivity contribution is -0.122. The number of nitrogens with one attached hydrogen (secondary N) is 2. The molecule has 1 aromatic heterocycles. The molecule has 0 spiro atoms.